The van der Waals surface area contributed by atoms with Crippen molar-refractivity contribution in [1.82, 2.24) is 0 Å². The molecule has 1 aliphatic rings. The third kappa shape index (κ3) is 2.41. The van der Waals surface area contributed by atoms with Gasteiger partial charge in [-0.1, -0.05) is 13.0 Å². The van der Waals surface area contributed by atoms with Crippen LogP contribution in [0.3, 0.4) is 0 Å². The largest absolute Gasteiger partial charge is 0.476 e. The van der Waals surface area contributed by atoms with Crippen molar-refractivity contribution in [3.63, 3.8) is 0 Å². The Hall–Kier alpha value is -2.02. The lowest BCUT2D eigenvalue weighted by Crippen LogP contribution is -2.52. The molecular formula is C15H18N2O2. The van der Waals surface area contributed by atoms with Crippen LogP contribution in [0, 0.1) is 11.3 Å². The number of aryl methyl sites for hydroxylation is 1. The highest BCUT2D eigenvalue weighted by Crippen LogP contribution is 2.38. The molecule has 100 valence electrons. The highest BCUT2D eigenvalue weighted by atomic mass is 16.5. The summed E-state index contributed by atoms with van der Waals surface area (Å²) < 4.78 is 5.77. The zero-order chi connectivity index (χ0) is 14.0. The predicted molar refractivity (Wildman–Crippen MR) is 73.1 cm³/mol. The van der Waals surface area contributed by atoms with Gasteiger partial charge in [0.25, 0.3) is 5.91 Å². The first-order chi connectivity index (χ1) is 8.99. The van der Waals surface area contributed by atoms with E-state index in [-0.39, 0.29) is 5.91 Å². The van der Waals surface area contributed by atoms with Gasteiger partial charge >= 0.3 is 0 Å². The first-order valence-electron chi connectivity index (χ1n) is 6.50. The normalized spacial score (nSPS) is 16.5. The first kappa shape index (κ1) is 13.4. The van der Waals surface area contributed by atoms with Crippen molar-refractivity contribution in [2.45, 2.75) is 39.2 Å². The summed E-state index contributed by atoms with van der Waals surface area (Å²) in [5.41, 5.74) is 1.05. The number of amides is 1. The van der Waals surface area contributed by atoms with Crippen LogP contribution < -0.4 is 9.64 Å². The van der Waals surface area contributed by atoms with E-state index in [0.717, 1.165) is 17.7 Å². The summed E-state index contributed by atoms with van der Waals surface area (Å²) in [4.78, 5) is 14.1. The molecule has 0 unspecified atom stereocenters. The van der Waals surface area contributed by atoms with Crippen LogP contribution in [-0.4, -0.2) is 18.1 Å². The maximum Gasteiger partial charge on any atom is 0.270 e. The van der Waals surface area contributed by atoms with Gasteiger partial charge in [-0.2, -0.15) is 5.26 Å². The lowest BCUT2D eigenvalue weighted by atomic mass is 10.0. The van der Waals surface area contributed by atoms with Crippen molar-refractivity contribution < 1.29 is 9.53 Å². The van der Waals surface area contributed by atoms with Crippen LogP contribution in [0.2, 0.25) is 0 Å². The van der Waals surface area contributed by atoms with Gasteiger partial charge in [-0.25, -0.2) is 0 Å². The molecule has 0 radical (unpaired) electrons. The Bertz CT molecular complexity index is 544. The number of nitrogens with zero attached hydrogens (tertiary/aromatic N) is 2. The van der Waals surface area contributed by atoms with Gasteiger partial charge < -0.3 is 9.64 Å². The fourth-order valence-corrected chi connectivity index (χ4v) is 2.22. The number of fused-ring (bicyclic) bond motifs is 1. The molecule has 0 fully saturated rings. The molecule has 0 saturated carbocycles. The molecule has 4 nitrogen and oxygen atoms in total. The van der Waals surface area contributed by atoms with Gasteiger partial charge in [0.1, 0.15) is 5.75 Å². The molecule has 0 aromatic heterocycles. The molecule has 0 N–H and O–H groups in total. The van der Waals surface area contributed by atoms with Crippen molar-refractivity contribution in [2.24, 2.45) is 0 Å². The van der Waals surface area contributed by atoms with Crippen molar-refractivity contribution >= 4 is 11.6 Å². The highest BCUT2D eigenvalue weighted by molar-refractivity contribution is 6.02. The molecule has 1 aromatic rings. The number of carbonyl (C=O) groups is 1. The maximum absolute atomic E-state index is 12.4. The monoisotopic (exact) mass is 258 g/mol. The van der Waals surface area contributed by atoms with Crippen LogP contribution in [0.4, 0.5) is 5.69 Å². The Balaban J connectivity index is 2.46. The van der Waals surface area contributed by atoms with Gasteiger partial charge in [0.15, 0.2) is 5.60 Å². The molecule has 1 aromatic carbocycles. The number of ether oxygens (including phenoxy) is 1. The fraction of sp³-hybridized carbons (Fsp3) is 0.467. The van der Waals surface area contributed by atoms with E-state index in [9.17, 15) is 4.79 Å². The molecule has 1 aliphatic heterocycles. The van der Waals surface area contributed by atoms with Gasteiger partial charge in [0.2, 0.25) is 0 Å². The van der Waals surface area contributed by atoms with Crippen molar-refractivity contribution in [2.75, 3.05) is 11.4 Å². The SMILES string of the molecule is CCc1ccc2c(c1)N(CCC#N)C(=O)C(C)(C)O2. The van der Waals surface area contributed by atoms with Crippen LogP contribution in [0.25, 0.3) is 0 Å². The van der Waals surface area contributed by atoms with E-state index in [1.54, 1.807) is 18.7 Å². The minimum absolute atomic E-state index is 0.0940. The Labute approximate surface area is 113 Å². The number of rotatable bonds is 3. The van der Waals surface area contributed by atoms with Gasteiger partial charge in [0, 0.05) is 6.54 Å². The van der Waals surface area contributed by atoms with E-state index in [4.69, 9.17) is 10.00 Å². The fourth-order valence-electron chi connectivity index (χ4n) is 2.22. The zero-order valence-electron chi connectivity index (χ0n) is 11.6. The van der Waals surface area contributed by atoms with E-state index in [2.05, 4.69) is 13.0 Å². The number of hydrogen-bond acceptors (Lipinski definition) is 3. The van der Waals surface area contributed by atoms with Crippen molar-refractivity contribution in [1.29, 1.82) is 5.26 Å². The van der Waals surface area contributed by atoms with Crippen LogP contribution in [0.15, 0.2) is 18.2 Å². The third-order valence-electron chi connectivity index (χ3n) is 3.29. The molecule has 0 saturated heterocycles. The van der Waals surface area contributed by atoms with Crippen LogP contribution in [0.5, 0.6) is 5.75 Å². The summed E-state index contributed by atoms with van der Waals surface area (Å²) in [5, 5.41) is 8.74. The van der Waals surface area contributed by atoms with Gasteiger partial charge in [-0.05, 0) is 38.0 Å². The van der Waals surface area contributed by atoms with E-state index in [0.29, 0.717) is 18.7 Å². The van der Waals surface area contributed by atoms with E-state index in [1.807, 2.05) is 18.2 Å². The average Bonchev–Trinajstić information content (AvgIpc) is 2.39. The first-order valence-corrected chi connectivity index (χ1v) is 6.50. The molecule has 4 heteroatoms. The highest BCUT2D eigenvalue weighted by Gasteiger charge is 2.40. The molecule has 1 amide bonds. The standard InChI is InChI=1S/C15H18N2O2/c1-4-11-6-7-13-12(10-11)17(9-5-8-16)14(18)15(2,3)19-13/h6-7,10H,4-5,9H2,1-3H3. The quantitative estimate of drug-likeness (QED) is 0.837. The summed E-state index contributed by atoms with van der Waals surface area (Å²) in [6.45, 7) is 5.98. The molecule has 19 heavy (non-hydrogen) atoms. The molecular weight excluding hydrogens is 240 g/mol. The lowest BCUT2D eigenvalue weighted by molar-refractivity contribution is -0.132. The molecule has 0 spiro atoms. The van der Waals surface area contributed by atoms with Crippen LogP contribution in [0.1, 0.15) is 32.8 Å². The Kier molecular flexibility index (Phi) is 3.48. The number of benzene rings is 1. The minimum atomic E-state index is -0.879. The summed E-state index contributed by atoms with van der Waals surface area (Å²) in [6.07, 6.45) is 1.22. The summed E-state index contributed by atoms with van der Waals surface area (Å²) in [5.74, 6) is 0.614. The van der Waals surface area contributed by atoms with Crippen molar-refractivity contribution in [3.8, 4) is 11.8 Å². The Morgan fingerprint density at radius 1 is 1.42 bits per heavy atom. The molecule has 0 atom stereocenters. The second-order valence-corrected chi connectivity index (χ2v) is 5.13. The van der Waals surface area contributed by atoms with E-state index in [1.165, 1.54) is 0 Å². The topological polar surface area (TPSA) is 53.3 Å². The summed E-state index contributed by atoms with van der Waals surface area (Å²) in [6, 6.07) is 7.97. The number of hydrogen-bond donors (Lipinski definition) is 0. The summed E-state index contributed by atoms with van der Waals surface area (Å²) in [7, 11) is 0. The van der Waals surface area contributed by atoms with Crippen LogP contribution >= 0.6 is 0 Å². The zero-order valence-corrected chi connectivity index (χ0v) is 11.6. The number of nitriles is 1. The molecule has 0 bridgehead atoms. The second kappa shape index (κ2) is 4.93. The smallest absolute Gasteiger partial charge is 0.270 e. The molecule has 2 rings (SSSR count). The Morgan fingerprint density at radius 2 is 2.16 bits per heavy atom. The van der Waals surface area contributed by atoms with Gasteiger partial charge in [-0.15, -0.1) is 0 Å². The number of anilines is 1. The Morgan fingerprint density at radius 3 is 2.79 bits per heavy atom. The third-order valence-corrected chi connectivity index (χ3v) is 3.29. The predicted octanol–water partition coefficient (Wildman–Crippen LogP) is 2.67. The van der Waals surface area contributed by atoms with Gasteiger partial charge in [-0.3, -0.25) is 4.79 Å². The minimum Gasteiger partial charge on any atom is -0.476 e. The summed E-state index contributed by atoms with van der Waals surface area (Å²) >= 11 is 0. The molecule has 1 heterocycles. The van der Waals surface area contributed by atoms with E-state index < -0.39 is 5.60 Å². The van der Waals surface area contributed by atoms with E-state index >= 15 is 0 Å². The lowest BCUT2D eigenvalue weighted by Gasteiger charge is -2.38. The number of carbonyl (C=O) groups excluding carboxylic acids is 1. The maximum atomic E-state index is 12.4. The second-order valence-electron chi connectivity index (χ2n) is 5.13. The van der Waals surface area contributed by atoms with Crippen molar-refractivity contribution in [3.05, 3.63) is 23.8 Å². The average molecular weight is 258 g/mol. The van der Waals surface area contributed by atoms with Crippen LogP contribution in [-0.2, 0) is 11.2 Å². The van der Waals surface area contributed by atoms with Gasteiger partial charge in [0.05, 0.1) is 18.2 Å². The molecule has 0 aliphatic carbocycles.